The lowest BCUT2D eigenvalue weighted by molar-refractivity contribution is 0.509. The zero-order chi connectivity index (χ0) is 8.81. The highest BCUT2D eigenvalue weighted by molar-refractivity contribution is 4.89. The van der Waals surface area contributed by atoms with Crippen molar-refractivity contribution in [1.82, 2.24) is 9.97 Å². The highest BCUT2D eigenvalue weighted by Crippen LogP contribution is 2.09. The van der Waals surface area contributed by atoms with Crippen LogP contribution in [-0.2, 0) is 6.42 Å². The van der Waals surface area contributed by atoms with E-state index in [9.17, 15) is 0 Å². The molecular weight excluding hydrogens is 148 g/mol. The molecule has 0 amide bonds. The SMILES string of the molecule is CCCC(C)Cc1ncccn1. The van der Waals surface area contributed by atoms with Crippen molar-refractivity contribution in [1.29, 1.82) is 0 Å². The van der Waals surface area contributed by atoms with Gasteiger partial charge in [-0.2, -0.15) is 0 Å². The first kappa shape index (κ1) is 9.17. The van der Waals surface area contributed by atoms with Gasteiger partial charge in [0.05, 0.1) is 0 Å². The summed E-state index contributed by atoms with van der Waals surface area (Å²) < 4.78 is 0. The number of hydrogen-bond donors (Lipinski definition) is 0. The molecule has 1 rings (SSSR count). The summed E-state index contributed by atoms with van der Waals surface area (Å²) in [6.45, 7) is 4.46. The van der Waals surface area contributed by atoms with Crippen LogP contribution in [0.15, 0.2) is 18.5 Å². The average molecular weight is 164 g/mol. The van der Waals surface area contributed by atoms with E-state index < -0.39 is 0 Å². The zero-order valence-electron chi connectivity index (χ0n) is 7.83. The van der Waals surface area contributed by atoms with E-state index in [4.69, 9.17) is 0 Å². The molecule has 0 fully saturated rings. The average Bonchev–Trinajstić information content (AvgIpc) is 2.06. The molecule has 1 aromatic rings. The molecule has 0 radical (unpaired) electrons. The Morgan fingerprint density at radius 3 is 2.58 bits per heavy atom. The summed E-state index contributed by atoms with van der Waals surface area (Å²) in [6.07, 6.45) is 7.13. The molecule has 0 aliphatic rings. The summed E-state index contributed by atoms with van der Waals surface area (Å²) in [5, 5.41) is 0. The van der Waals surface area contributed by atoms with E-state index in [2.05, 4.69) is 23.8 Å². The van der Waals surface area contributed by atoms with Crippen molar-refractivity contribution in [2.45, 2.75) is 33.1 Å². The standard InChI is InChI=1S/C10H16N2/c1-3-5-9(2)8-10-11-6-4-7-12-10/h4,6-7,9H,3,5,8H2,1-2H3. The van der Waals surface area contributed by atoms with Crippen molar-refractivity contribution >= 4 is 0 Å². The normalized spacial score (nSPS) is 12.8. The van der Waals surface area contributed by atoms with Crippen LogP contribution in [0.5, 0.6) is 0 Å². The molecule has 1 atom stereocenters. The molecule has 0 aromatic carbocycles. The van der Waals surface area contributed by atoms with Gasteiger partial charge < -0.3 is 0 Å². The van der Waals surface area contributed by atoms with Crippen LogP contribution in [0.2, 0.25) is 0 Å². The molecule has 1 heterocycles. The Balaban J connectivity index is 2.41. The summed E-state index contributed by atoms with van der Waals surface area (Å²) in [7, 11) is 0. The maximum atomic E-state index is 4.19. The fourth-order valence-electron chi connectivity index (χ4n) is 1.34. The monoisotopic (exact) mass is 164 g/mol. The second-order valence-electron chi connectivity index (χ2n) is 3.26. The molecule has 12 heavy (non-hydrogen) atoms. The van der Waals surface area contributed by atoms with Crippen LogP contribution in [0, 0.1) is 5.92 Å². The number of aromatic nitrogens is 2. The lowest BCUT2D eigenvalue weighted by Crippen LogP contribution is -2.02. The van der Waals surface area contributed by atoms with E-state index in [0.717, 1.165) is 12.2 Å². The van der Waals surface area contributed by atoms with Gasteiger partial charge in [0.1, 0.15) is 5.82 Å². The molecule has 0 saturated heterocycles. The molecule has 0 aliphatic carbocycles. The predicted molar refractivity (Wildman–Crippen MR) is 49.8 cm³/mol. The largest absolute Gasteiger partial charge is 0.241 e. The quantitative estimate of drug-likeness (QED) is 0.683. The molecule has 1 unspecified atom stereocenters. The molecule has 1 aromatic heterocycles. The van der Waals surface area contributed by atoms with E-state index in [1.165, 1.54) is 12.8 Å². The van der Waals surface area contributed by atoms with Gasteiger partial charge in [0.15, 0.2) is 0 Å². The molecular formula is C10H16N2. The number of nitrogens with zero attached hydrogens (tertiary/aromatic N) is 2. The van der Waals surface area contributed by atoms with Crippen molar-refractivity contribution in [3.8, 4) is 0 Å². The van der Waals surface area contributed by atoms with Crippen LogP contribution in [0.1, 0.15) is 32.5 Å². The van der Waals surface area contributed by atoms with Gasteiger partial charge in [-0.1, -0.05) is 26.7 Å². The lowest BCUT2D eigenvalue weighted by Gasteiger charge is -2.07. The van der Waals surface area contributed by atoms with Gasteiger partial charge in [-0.05, 0) is 12.0 Å². The molecule has 66 valence electrons. The van der Waals surface area contributed by atoms with Gasteiger partial charge in [-0.25, -0.2) is 9.97 Å². The van der Waals surface area contributed by atoms with Gasteiger partial charge in [0, 0.05) is 18.8 Å². The first-order valence-electron chi connectivity index (χ1n) is 4.58. The van der Waals surface area contributed by atoms with Crippen LogP contribution in [0.3, 0.4) is 0 Å². The molecule has 0 aliphatic heterocycles. The van der Waals surface area contributed by atoms with Gasteiger partial charge >= 0.3 is 0 Å². The van der Waals surface area contributed by atoms with E-state index in [0.29, 0.717) is 5.92 Å². The Morgan fingerprint density at radius 2 is 2.00 bits per heavy atom. The van der Waals surface area contributed by atoms with E-state index in [1.807, 2.05) is 6.07 Å². The van der Waals surface area contributed by atoms with E-state index in [-0.39, 0.29) is 0 Å². The molecule has 0 saturated carbocycles. The number of rotatable bonds is 4. The number of hydrogen-bond acceptors (Lipinski definition) is 2. The van der Waals surface area contributed by atoms with Gasteiger partial charge in [0.2, 0.25) is 0 Å². The summed E-state index contributed by atoms with van der Waals surface area (Å²) in [5.74, 6) is 1.68. The minimum Gasteiger partial charge on any atom is -0.241 e. The highest BCUT2D eigenvalue weighted by atomic mass is 14.8. The van der Waals surface area contributed by atoms with Crippen molar-refractivity contribution in [3.63, 3.8) is 0 Å². The Kier molecular flexibility index (Phi) is 3.71. The van der Waals surface area contributed by atoms with Crippen LogP contribution < -0.4 is 0 Å². The molecule has 0 N–H and O–H groups in total. The topological polar surface area (TPSA) is 25.8 Å². The van der Waals surface area contributed by atoms with Crippen LogP contribution >= 0.6 is 0 Å². The second kappa shape index (κ2) is 4.86. The second-order valence-corrected chi connectivity index (χ2v) is 3.26. The van der Waals surface area contributed by atoms with Crippen LogP contribution in [-0.4, -0.2) is 9.97 Å². The third-order valence-electron chi connectivity index (χ3n) is 1.93. The lowest BCUT2D eigenvalue weighted by atomic mass is 10.0. The van der Waals surface area contributed by atoms with Crippen LogP contribution in [0.25, 0.3) is 0 Å². The Hall–Kier alpha value is -0.920. The summed E-state index contributed by atoms with van der Waals surface area (Å²) in [5.41, 5.74) is 0. The van der Waals surface area contributed by atoms with Gasteiger partial charge in [0.25, 0.3) is 0 Å². The van der Waals surface area contributed by atoms with E-state index in [1.54, 1.807) is 12.4 Å². The minimum absolute atomic E-state index is 0.706. The van der Waals surface area contributed by atoms with Crippen molar-refractivity contribution in [2.24, 2.45) is 5.92 Å². The summed E-state index contributed by atoms with van der Waals surface area (Å²) in [4.78, 5) is 8.38. The van der Waals surface area contributed by atoms with Crippen molar-refractivity contribution in [2.75, 3.05) is 0 Å². The Bertz CT molecular complexity index is 208. The third-order valence-corrected chi connectivity index (χ3v) is 1.93. The smallest absolute Gasteiger partial charge is 0.128 e. The first-order valence-corrected chi connectivity index (χ1v) is 4.58. The first-order chi connectivity index (χ1) is 5.83. The maximum Gasteiger partial charge on any atom is 0.128 e. The van der Waals surface area contributed by atoms with Crippen molar-refractivity contribution < 1.29 is 0 Å². The maximum absolute atomic E-state index is 4.19. The minimum atomic E-state index is 0.706. The Morgan fingerprint density at radius 1 is 1.33 bits per heavy atom. The zero-order valence-corrected chi connectivity index (χ0v) is 7.83. The summed E-state index contributed by atoms with van der Waals surface area (Å²) in [6, 6.07) is 1.86. The molecule has 2 heteroatoms. The Labute approximate surface area is 74.1 Å². The molecule has 2 nitrogen and oxygen atoms in total. The van der Waals surface area contributed by atoms with Gasteiger partial charge in [-0.15, -0.1) is 0 Å². The fourth-order valence-corrected chi connectivity index (χ4v) is 1.34. The highest BCUT2D eigenvalue weighted by Gasteiger charge is 2.03. The van der Waals surface area contributed by atoms with E-state index >= 15 is 0 Å². The summed E-state index contributed by atoms with van der Waals surface area (Å²) >= 11 is 0. The molecule has 0 spiro atoms. The fraction of sp³-hybridized carbons (Fsp3) is 0.600. The predicted octanol–water partition coefficient (Wildman–Crippen LogP) is 2.46. The van der Waals surface area contributed by atoms with Crippen LogP contribution in [0.4, 0.5) is 0 Å². The molecule has 0 bridgehead atoms. The van der Waals surface area contributed by atoms with Crippen molar-refractivity contribution in [3.05, 3.63) is 24.3 Å². The third kappa shape index (κ3) is 2.99. The van der Waals surface area contributed by atoms with Gasteiger partial charge in [-0.3, -0.25) is 0 Å².